The fourth-order valence-corrected chi connectivity index (χ4v) is 0.944. The summed E-state index contributed by atoms with van der Waals surface area (Å²) in [5, 5.41) is 11.3. The molecule has 0 saturated carbocycles. The van der Waals surface area contributed by atoms with Crippen LogP contribution in [0.2, 0.25) is 5.02 Å². The van der Waals surface area contributed by atoms with E-state index in [1.165, 1.54) is 12.3 Å². The van der Waals surface area contributed by atoms with E-state index in [0.29, 0.717) is 23.7 Å². The zero-order valence-corrected chi connectivity index (χ0v) is 8.08. The van der Waals surface area contributed by atoms with Gasteiger partial charge in [0.25, 0.3) is 5.91 Å². The Hall–Kier alpha value is -1.60. The molecule has 0 radical (unpaired) electrons. The average molecular weight is 210 g/mol. The molecule has 1 rings (SSSR count). The molecule has 0 unspecified atom stereocenters. The van der Waals surface area contributed by atoms with Crippen LogP contribution in [0.4, 0.5) is 0 Å². The van der Waals surface area contributed by atoms with E-state index < -0.39 is 0 Å². The molecule has 5 heteroatoms. The Morgan fingerprint density at radius 1 is 1.64 bits per heavy atom. The zero-order chi connectivity index (χ0) is 10.4. The molecule has 0 saturated heterocycles. The van der Waals surface area contributed by atoms with E-state index in [1.54, 1.807) is 6.07 Å². The number of halogens is 1. The minimum Gasteiger partial charge on any atom is -0.350 e. The monoisotopic (exact) mass is 209 g/mol. The number of hydrogen-bond acceptors (Lipinski definition) is 3. The van der Waals surface area contributed by atoms with Crippen LogP contribution in [-0.4, -0.2) is 17.4 Å². The van der Waals surface area contributed by atoms with Crippen LogP contribution in [0.5, 0.6) is 0 Å². The number of amides is 1. The lowest BCUT2D eigenvalue weighted by atomic mass is 10.3. The van der Waals surface area contributed by atoms with Crippen LogP contribution in [0.15, 0.2) is 18.3 Å². The zero-order valence-electron chi connectivity index (χ0n) is 7.33. The van der Waals surface area contributed by atoms with Gasteiger partial charge in [-0.05, 0) is 12.1 Å². The first-order valence-corrected chi connectivity index (χ1v) is 4.38. The summed E-state index contributed by atoms with van der Waals surface area (Å²) in [4.78, 5) is 15.1. The van der Waals surface area contributed by atoms with Gasteiger partial charge in [-0.1, -0.05) is 11.6 Å². The highest BCUT2D eigenvalue weighted by atomic mass is 35.5. The van der Waals surface area contributed by atoms with Gasteiger partial charge < -0.3 is 5.32 Å². The molecular formula is C9H8ClN3O. The molecule has 1 amide bonds. The maximum atomic E-state index is 11.3. The molecule has 0 aliphatic rings. The van der Waals surface area contributed by atoms with Crippen molar-refractivity contribution < 1.29 is 4.79 Å². The molecule has 0 spiro atoms. The quantitative estimate of drug-likeness (QED) is 0.765. The number of rotatable bonds is 3. The Morgan fingerprint density at radius 3 is 3.00 bits per heavy atom. The van der Waals surface area contributed by atoms with E-state index in [-0.39, 0.29) is 5.91 Å². The normalized spacial score (nSPS) is 9.14. The predicted molar refractivity (Wildman–Crippen MR) is 51.8 cm³/mol. The van der Waals surface area contributed by atoms with Crippen molar-refractivity contribution in [2.24, 2.45) is 0 Å². The smallest absolute Gasteiger partial charge is 0.269 e. The minimum atomic E-state index is -0.295. The molecule has 1 heterocycles. The summed E-state index contributed by atoms with van der Waals surface area (Å²) >= 11 is 5.61. The molecule has 1 aromatic heterocycles. The van der Waals surface area contributed by atoms with Gasteiger partial charge in [0.05, 0.1) is 17.5 Å². The summed E-state index contributed by atoms with van der Waals surface area (Å²) in [6, 6.07) is 5.05. The number of nitrogens with zero attached hydrogens (tertiary/aromatic N) is 2. The van der Waals surface area contributed by atoms with Gasteiger partial charge in [0.15, 0.2) is 0 Å². The van der Waals surface area contributed by atoms with Crippen molar-refractivity contribution in [2.45, 2.75) is 6.42 Å². The van der Waals surface area contributed by atoms with Crippen LogP contribution in [0.3, 0.4) is 0 Å². The first kappa shape index (κ1) is 10.5. The Labute approximate surface area is 86.5 Å². The van der Waals surface area contributed by atoms with Gasteiger partial charge in [0.2, 0.25) is 0 Å². The summed E-state index contributed by atoms with van der Waals surface area (Å²) in [7, 11) is 0. The van der Waals surface area contributed by atoms with Crippen LogP contribution < -0.4 is 5.32 Å². The van der Waals surface area contributed by atoms with E-state index in [9.17, 15) is 4.79 Å². The van der Waals surface area contributed by atoms with Gasteiger partial charge >= 0.3 is 0 Å². The van der Waals surface area contributed by atoms with Gasteiger partial charge in [0.1, 0.15) is 5.69 Å². The number of pyridine rings is 1. The van der Waals surface area contributed by atoms with Crippen LogP contribution in [0.25, 0.3) is 0 Å². The Bertz CT molecular complexity index is 355. The lowest BCUT2D eigenvalue weighted by Gasteiger charge is -2.00. The molecule has 0 aliphatic carbocycles. The van der Waals surface area contributed by atoms with Crippen molar-refractivity contribution in [1.82, 2.24) is 10.3 Å². The summed E-state index contributed by atoms with van der Waals surface area (Å²) in [5.74, 6) is -0.295. The molecule has 72 valence electrons. The number of nitrogens with one attached hydrogen (secondary N) is 1. The van der Waals surface area contributed by atoms with E-state index in [0.717, 1.165) is 0 Å². The third-order valence-corrected chi connectivity index (χ3v) is 1.71. The van der Waals surface area contributed by atoms with E-state index in [1.807, 2.05) is 6.07 Å². The highest BCUT2D eigenvalue weighted by molar-refractivity contribution is 6.30. The predicted octanol–water partition coefficient (Wildman–Crippen LogP) is 1.38. The molecule has 4 nitrogen and oxygen atoms in total. The van der Waals surface area contributed by atoms with Crippen molar-refractivity contribution in [2.75, 3.05) is 6.54 Å². The summed E-state index contributed by atoms with van der Waals surface area (Å²) in [6.07, 6.45) is 1.69. The van der Waals surface area contributed by atoms with Crippen LogP contribution in [-0.2, 0) is 0 Å². The molecular weight excluding hydrogens is 202 g/mol. The fraction of sp³-hybridized carbons (Fsp3) is 0.222. The van der Waals surface area contributed by atoms with E-state index in [2.05, 4.69) is 10.3 Å². The number of aromatic nitrogens is 1. The third-order valence-electron chi connectivity index (χ3n) is 1.48. The van der Waals surface area contributed by atoms with E-state index in [4.69, 9.17) is 16.9 Å². The van der Waals surface area contributed by atoms with Crippen LogP contribution in [0, 0.1) is 11.3 Å². The summed E-state index contributed by atoms with van der Waals surface area (Å²) < 4.78 is 0. The van der Waals surface area contributed by atoms with Gasteiger partial charge in [-0.15, -0.1) is 0 Å². The van der Waals surface area contributed by atoms with Gasteiger partial charge in [0, 0.05) is 12.7 Å². The summed E-state index contributed by atoms with van der Waals surface area (Å²) in [5.41, 5.74) is 0.298. The van der Waals surface area contributed by atoms with Crippen molar-refractivity contribution in [3.8, 4) is 6.07 Å². The van der Waals surface area contributed by atoms with Crippen molar-refractivity contribution in [3.63, 3.8) is 0 Å². The van der Waals surface area contributed by atoms with Gasteiger partial charge in [-0.2, -0.15) is 5.26 Å². The van der Waals surface area contributed by atoms with Gasteiger partial charge in [-0.25, -0.2) is 4.98 Å². The number of carbonyl (C=O) groups is 1. The van der Waals surface area contributed by atoms with Crippen molar-refractivity contribution in [1.29, 1.82) is 5.26 Å². The first-order chi connectivity index (χ1) is 6.74. The number of hydrogen-bond donors (Lipinski definition) is 1. The lowest BCUT2D eigenvalue weighted by Crippen LogP contribution is -2.24. The SMILES string of the molecule is N#CCCNC(=O)c1ccc(Cl)cn1. The third kappa shape index (κ3) is 3.04. The molecule has 14 heavy (non-hydrogen) atoms. The molecule has 0 bridgehead atoms. The van der Waals surface area contributed by atoms with Crippen molar-refractivity contribution in [3.05, 3.63) is 29.0 Å². The molecule has 0 aliphatic heterocycles. The van der Waals surface area contributed by atoms with Gasteiger partial charge in [-0.3, -0.25) is 4.79 Å². The minimum absolute atomic E-state index is 0.291. The number of carbonyl (C=O) groups excluding carboxylic acids is 1. The Balaban J connectivity index is 2.53. The van der Waals surface area contributed by atoms with Crippen molar-refractivity contribution >= 4 is 17.5 Å². The first-order valence-electron chi connectivity index (χ1n) is 4.00. The molecule has 0 atom stereocenters. The maximum absolute atomic E-state index is 11.3. The largest absolute Gasteiger partial charge is 0.350 e. The molecule has 0 fully saturated rings. The second-order valence-corrected chi connectivity index (χ2v) is 2.96. The second kappa shape index (κ2) is 5.20. The molecule has 1 aromatic rings. The summed E-state index contributed by atoms with van der Waals surface area (Å²) in [6.45, 7) is 0.333. The molecule has 1 N–H and O–H groups in total. The number of nitriles is 1. The van der Waals surface area contributed by atoms with Crippen LogP contribution in [0.1, 0.15) is 16.9 Å². The van der Waals surface area contributed by atoms with Crippen LogP contribution >= 0.6 is 11.6 Å². The van der Waals surface area contributed by atoms with E-state index >= 15 is 0 Å². The lowest BCUT2D eigenvalue weighted by molar-refractivity contribution is 0.0949. The molecule has 0 aromatic carbocycles. The Kier molecular flexibility index (Phi) is 3.89. The highest BCUT2D eigenvalue weighted by Gasteiger charge is 2.04. The Morgan fingerprint density at radius 2 is 2.43 bits per heavy atom. The average Bonchev–Trinajstić information content (AvgIpc) is 2.19. The fourth-order valence-electron chi connectivity index (χ4n) is 0.833. The maximum Gasteiger partial charge on any atom is 0.269 e. The second-order valence-electron chi connectivity index (χ2n) is 2.53. The topological polar surface area (TPSA) is 65.8 Å². The highest BCUT2D eigenvalue weighted by Crippen LogP contribution is 2.05. The standard InChI is InChI=1S/C9H8ClN3O/c10-7-2-3-8(13-6-7)9(14)12-5-1-4-11/h2-3,6H,1,5H2,(H,12,14).